The molecule has 2 aromatic rings. The summed E-state index contributed by atoms with van der Waals surface area (Å²) < 4.78 is 0. The lowest BCUT2D eigenvalue weighted by molar-refractivity contribution is -0.112. The summed E-state index contributed by atoms with van der Waals surface area (Å²) >= 11 is 5.84. The molecule has 22 heavy (non-hydrogen) atoms. The Hall–Kier alpha value is -2.97. The van der Waals surface area contributed by atoms with E-state index in [-0.39, 0.29) is 5.57 Å². The summed E-state index contributed by atoms with van der Waals surface area (Å²) in [5.74, 6) is -0.521. The van der Waals surface area contributed by atoms with Crippen molar-refractivity contribution in [3.05, 3.63) is 65.3 Å². The Labute approximate surface area is 133 Å². The highest BCUT2D eigenvalue weighted by molar-refractivity contribution is 6.31. The van der Waals surface area contributed by atoms with Crippen molar-refractivity contribution in [3.63, 3.8) is 0 Å². The highest BCUT2D eigenvalue weighted by atomic mass is 35.5. The van der Waals surface area contributed by atoms with E-state index in [1.54, 1.807) is 48.5 Å². The van der Waals surface area contributed by atoms with E-state index in [0.717, 1.165) is 5.69 Å². The molecule has 0 saturated carbocycles. The summed E-state index contributed by atoms with van der Waals surface area (Å²) in [6, 6.07) is 15.5. The second kappa shape index (κ2) is 7.16. The Morgan fingerprint density at radius 3 is 2.55 bits per heavy atom. The van der Waals surface area contributed by atoms with Gasteiger partial charge in [0.05, 0.1) is 0 Å². The highest BCUT2D eigenvalue weighted by Crippen LogP contribution is 2.16. The number of nitrogens with one attached hydrogen (secondary N) is 2. The number of carbonyl (C=O) groups is 1. The lowest BCUT2D eigenvalue weighted by atomic mass is 10.2. The second-order valence-corrected chi connectivity index (χ2v) is 4.84. The number of nitriles is 1. The first-order chi connectivity index (χ1) is 10.6. The summed E-state index contributed by atoms with van der Waals surface area (Å²) in [5, 5.41) is 15.1. The van der Waals surface area contributed by atoms with Crippen LogP contribution >= 0.6 is 11.6 Å². The van der Waals surface area contributed by atoms with Crippen LogP contribution in [0.25, 0.3) is 0 Å². The number of rotatable bonds is 4. The van der Waals surface area contributed by atoms with Crippen LogP contribution in [0.2, 0.25) is 5.02 Å². The predicted molar refractivity (Wildman–Crippen MR) is 88.3 cm³/mol. The number of anilines is 3. The number of halogens is 1. The molecule has 0 saturated heterocycles. The Balaban J connectivity index is 2.07. The van der Waals surface area contributed by atoms with Gasteiger partial charge in [0.2, 0.25) is 0 Å². The number of amides is 1. The quantitative estimate of drug-likeness (QED) is 0.458. The lowest BCUT2D eigenvalue weighted by Gasteiger charge is -2.05. The van der Waals surface area contributed by atoms with E-state index in [4.69, 9.17) is 22.6 Å². The molecule has 0 aliphatic rings. The second-order valence-electron chi connectivity index (χ2n) is 4.40. The van der Waals surface area contributed by atoms with Gasteiger partial charge in [-0.15, -0.1) is 0 Å². The van der Waals surface area contributed by atoms with Gasteiger partial charge >= 0.3 is 0 Å². The van der Waals surface area contributed by atoms with Crippen molar-refractivity contribution in [2.45, 2.75) is 0 Å². The molecule has 0 heterocycles. The van der Waals surface area contributed by atoms with Crippen LogP contribution in [0.1, 0.15) is 0 Å². The van der Waals surface area contributed by atoms with Crippen LogP contribution in [0.15, 0.2) is 60.3 Å². The molecule has 0 fully saturated rings. The van der Waals surface area contributed by atoms with E-state index in [0.29, 0.717) is 16.4 Å². The third kappa shape index (κ3) is 4.27. The van der Waals surface area contributed by atoms with Crippen LogP contribution in [0.3, 0.4) is 0 Å². The van der Waals surface area contributed by atoms with Gasteiger partial charge in [0.25, 0.3) is 5.91 Å². The minimum absolute atomic E-state index is 0.0585. The molecule has 0 atom stereocenters. The normalized spacial score (nSPS) is 10.6. The topological polar surface area (TPSA) is 90.9 Å². The van der Waals surface area contributed by atoms with Gasteiger partial charge in [-0.05, 0) is 42.5 Å². The Kier molecular flexibility index (Phi) is 5.02. The standard InChI is InChI=1S/C16H13ClN4O/c17-12-2-1-3-15(8-12)21-16(22)11(9-18)10-20-14-6-4-13(19)5-7-14/h1-8,10,20H,19H2,(H,21,22)/b11-10-. The minimum Gasteiger partial charge on any atom is -0.399 e. The molecular weight excluding hydrogens is 300 g/mol. The molecule has 0 aromatic heterocycles. The van der Waals surface area contributed by atoms with Crippen molar-refractivity contribution in [1.82, 2.24) is 0 Å². The zero-order chi connectivity index (χ0) is 15.9. The molecule has 0 radical (unpaired) electrons. The van der Waals surface area contributed by atoms with Crippen molar-refractivity contribution in [2.75, 3.05) is 16.4 Å². The molecule has 0 aliphatic heterocycles. The number of nitrogens with zero attached hydrogens (tertiary/aromatic N) is 1. The summed E-state index contributed by atoms with van der Waals surface area (Å²) in [4.78, 5) is 12.0. The van der Waals surface area contributed by atoms with Crippen LogP contribution in [-0.2, 0) is 4.79 Å². The molecule has 0 bridgehead atoms. The molecular formula is C16H13ClN4O. The number of nitrogen functional groups attached to an aromatic ring is 1. The predicted octanol–water partition coefficient (Wildman–Crippen LogP) is 3.38. The molecule has 1 amide bonds. The molecule has 6 heteroatoms. The van der Waals surface area contributed by atoms with Gasteiger partial charge in [0, 0.05) is 28.3 Å². The molecule has 5 nitrogen and oxygen atoms in total. The molecule has 4 N–H and O–H groups in total. The van der Waals surface area contributed by atoms with Gasteiger partial charge in [0.1, 0.15) is 11.6 Å². The maximum absolute atomic E-state index is 12.0. The highest BCUT2D eigenvalue weighted by Gasteiger charge is 2.09. The minimum atomic E-state index is -0.521. The zero-order valence-electron chi connectivity index (χ0n) is 11.5. The van der Waals surface area contributed by atoms with E-state index in [2.05, 4.69) is 10.6 Å². The number of benzene rings is 2. The van der Waals surface area contributed by atoms with Gasteiger partial charge in [-0.1, -0.05) is 17.7 Å². The van der Waals surface area contributed by atoms with Crippen LogP contribution in [0.5, 0.6) is 0 Å². The van der Waals surface area contributed by atoms with Crippen molar-refractivity contribution in [3.8, 4) is 6.07 Å². The van der Waals surface area contributed by atoms with E-state index < -0.39 is 5.91 Å². The van der Waals surface area contributed by atoms with Gasteiger partial charge in [-0.2, -0.15) is 5.26 Å². The molecule has 0 spiro atoms. The first kappa shape index (κ1) is 15.4. The van der Waals surface area contributed by atoms with Gasteiger partial charge in [0.15, 0.2) is 0 Å². The summed E-state index contributed by atoms with van der Waals surface area (Å²) in [6.45, 7) is 0. The molecule has 2 aromatic carbocycles. The summed E-state index contributed by atoms with van der Waals surface area (Å²) in [5.41, 5.74) is 7.40. The SMILES string of the molecule is N#C/C(=C/Nc1ccc(N)cc1)C(=O)Nc1cccc(Cl)c1. The number of carbonyl (C=O) groups excluding carboxylic acids is 1. The molecule has 0 unspecified atom stereocenters. The fourth-order valence-corrected chi connectivity index (χ4v) is 1.84. The monoisotopic (exact) mass is 312 g/mol. The maximum Gasteiger partial charge on any atom is 0.267 e. The van der Waals surface area contributed by atoms with Gasteiger partial charge < -0.3 is 16.4 Å². The summed E-state index contributed by atoms with van der Waals surface area (Å²) in [6.07, 6.45) is 1.34. The van der Waals surface area contributed by atoms with Crippen LogP contribution in [0.4, 0.5) is 17.1 Å². The Bertz CT molecular complexity index is 747. The van der Waals surface area contributed by atoms with E-state index in [9.17, 15) is 4.79 Å². The van der Waals surface area contributed by atoms with Gasteiger partial charge in [-0.3, -0.25) is 4.79 Å². The Morgan fingerprint density at radius 2 is 1.91 bits per heavy atom. The molecule has 0 aliphatic carbocycles. The van der Waals surface area contributed by atoms with E-state index in [1.165, 1.54) is 6.20 Å². The summed E-state index contributed by atoms with van der Waals surface area (Å²) in [7, 11) is 0. The maximum atomic E-state index is 12.0. The Morgan fingerprint density at radius 1 is 1.18 bits per heavy atom. The molecule has 2 rings (SSSR count). The third-order valence-corrected chi connectivity index (χ3v) is 2.98. The van der Waals surface area contributed by atoms with Crippen LogP contribution in [0, 0.1) is 11.3 Å². The average Bonchev–Trinajstić information content (AvgIpc) is 2.49. The fourth-order valence-electron chi connectivity index (χ4n) is 1.65. The lowest BCUT2D eigenvalue weighted by Crippen LogP contribution is -2.14. The van der Waals surface area contributed by atoms with Crippen molar-refractivity contribution in [2.24, 2.45) is 0 Å². The van der Waals surface area contributed by atoms with Crippen LogP contribution < -0.4 is 16.4 Å². The number of nitrogens with two attached hydrogens (primary N) is 1. The zero-order valence-corrected chi connectivity index (χ0v) is 12.3. The van der Waals surface area contributed by atoms with Crippen molar-refractivity contribution >= 4 is 34.6 Å². The largest absolute Gasteiger partial charge is 0.399 e. The average molecular weight is 313 g/mol. The fraction of sp³-hybridized carbons (Fsp3) is 0. The number of hydrogen-bond donors (Lipinski definition) is 3. The van der Waals surface area contributed by atoms with E-state index >= 15 is 0 Å². The van der Waals surface area contributed by atoms with Crippen molar-refractivity contribution in [1.29, 1.82) is 5.26 Å². The smallest absolute Gasteiger partial charge is 0.267 e. The molecule has 110 valence electrons. The third-order valence-electron chi connectivity index (χ3n) is 2.74. The number of hydrogen-bond acceptors (Lipinski definition) is 4. The first-order valence-electron chi connectivity index (χ1n) is 6.38. The van der Waals surface area contributed by atoms with E-state index in [1.807, 2.05) is 6.07 Å². The van der Waals surface area contributed by atoms with Gasteiger partial charge in [-0.25, -0.2) is 0 Å². The first-order valence-corrected chi connectivity index (χ1v) is 6.75. The van der Waals surface area contributed by atoms with Crippen molar-refractivity contribution < 1.29 is 4.79 Å². The van der Waals surface area contributed by atoms with Crippen LogP contribution in [-0.4, -0.2) is 5.91 Å².